The zero-order valence-corrected chi connectivity index (χ0v) is 22.6. The van der Waals surface area contributed by atoms with Crippen molar-refractivity contribution < 1.29 is 22.5 Å². The lowest BCUT2D eigenvalue weighted by atomic mass is 9.77. The minimum absolute atomic E-state index is 0.110. The van der Waals surface area contributed by atoms with Crippen molar-refractivity contribution in [1.29, 1.82) is 0 Å². The molecule has 2 aliphatic heterocycles. The molecule has 0 radical (unpaired) electrons. The summed E-state index contributed by atoms with van der Waals surface area (Å²) < 4.78 is 49.2. The fourth-order valence-electron chi connectivity index (χ4n) is 6.60. The molecule has 1 aromatic rings. The van der Waals surface area contributed by atoms with Gasteiger partial charge in [-0.1, -0.05) is 12.1 Å². The molecule has 0 bridgehead atoms. The van der Waals surface area contributed by atoms with Crippen molar-refractivity contribution in [2.45, 2.75) is 114 Å². The Kier molecular flexibility index (Phi) is 7.37. The monoisotopic (exact) mass is 525 g/mol. The summed E-state index contributed by atoms with van der Waals surface area (Å²) in [5, 5.41) is 4.11. The van der Waals surface area contributed by atoms with E-state index in [1.165, 1.54) is 0 Å². The Morgan fingerprint density at radius 2 is 1.89 bits per heavy atom. The minimum atomic E-state index is -2.83. The number of carbonyl (C=O) groups excluding carboxylic acids is 1. The summed E-state index contributed by atoms with van der Waals surface area (Å²) in [4.78, 5) is 24.1. The largest absolute Gasteiger partial charge is 0.343 e. The van der Waals surface area contributed by atoms with Crippen molar-refractivity contribution in [1.82, 2.24) is 24.8 Å². The molecular weight excluding hydrogens is 483 g/mol. The Bertz CT molecular complexity index is 964. The zero-order chi connectivity index (χ0) is 26.5. The maximum Gasteiger partial charge on any atom is 0.252 e. The molecule has 4 aliphatic rings. The normalized spacial score (nSPS) is 33.9. The summed E-state index contributed by atoms with van der Waals surface area (Å²) in [6.45, 7) is 8.90. The van der Waals surface area contributed by atoms with Gasteiger partial charge in [0.05, 0.1) is 5.92 Å². The zero-order valence-electron chi connectivity index (χ0n) is 22.6. The second-order valence-corrected chi connectivity index (χ2v) is 12.5. The first kappa shape index (κ1) is 26.9. The number of hydrogen-bond acceptors (Lipinski definition) is 6. The van der Waals surface area contributed by atoms with Crippen LogP contribution < -0.4 is 0 Å². The molecule has 0 N–H and O–H groups in total. The van der Waals surface area contributed by atoms with Crippen molar-refractivity contribution in [3.8, 4) is 0 Å². The van der Waals surface area contributed by atoms with Crippen LogP contribution in [0.4, 0.5) is 13.2 Å². The standard InChI is InChI=1S/C27H42F3N5O2/c1-17(2)33(4)18-7-11-35(16-18)22-6-5-8-27(29,30)20(22)15-23(36)34-12-9-26(3,10-13-34)25-31-24(37-32-25)19-14-21(19)28/h17-22H,5-16H2,1-4H3/t18-,19+,20+,21-,22-/m0/s1. The van der Waals surface area contributed by atoms with Crippen LogP contribution >= 0.6 is 0 Å². The first-order valence-corrected chi connectivity index (χ1v) is 14.1. The van der Waals surface area contributed by atoms with Crippen LogP contribution in [0, 0.1) is 5.92 Å². The molecule has 0 spiro atoms. The van der Waals surface area contributed by atoms with Crippen molar-refractivity contribution in [2.75, 3.05) is 33.2 Å². The molecule has 7 nitrogen and oxygen atoms in total. The van der Waals surface area contributed by atoms with Crippen LogP contribution in [0.3, 0.4) is 0 Å². The topological polar surface area (TPSA) is 65.7 Å². The van der Waals surface area contributed by atoms with Gasteiger partial charge in [-0.3, -0.25) is 14.6 Å². The van der Waals surface area contributed by atoms with E-state index in [-0.39, 0.29) is 36.1 Å². The summed E-state index contributed by atoms with van der Waals surface area (Å²) in [6, 6.07) is 0.522. The molecule has 1 amide bonds. The summed E-state index contributed by atoms with van der Waals surface area (Å²) in [5.74, 6) is -3.33. The van der Waals surface area contributed by atoms with Gasteiger partial charge in [0.15, 0.2) is 5.82 Å². The van der Waals surface area contributed by atoms with Gasteiger partial charge in [-0.15, -0.1) is 0 Å². The molecule has 208 valence electrons. The van der Waals surface area contributed by atoms with E-state index in [0.29, 0.717) is 62.6 Å². The molecule has 2 saturated heterocycles. The minimum Gasteiger partial charge on any atom is -0.343 e. The first-order chi connectivity index (χ1) is 17.5. The highest BCUT2D eigenvalue weighted by Gasteiger charge is 2.51. The van der Waals surface area contributed by atoms with E-state index < -0.39 is 18.0 Å². The number of rotatable bonds is 7. The lowest BCUT2D eigenvalue weighted by Gasteiger charge is -2.44. The fourth-order valence-corrected chi connectivity index (χ4v) is 6.60. The number of hydrogen-bond donors (Lipinski definition) is 0. The number of likely N-dealkylation sites (tertiary alicyclic amines) is 2. The highest BCUT2D eigenvalue weighted by molar-refractivity contribution is 5.76. The Hall–Kier alpha value is -1.68. The van der Waals surface area contributed by atoms with Crippen LogP contribution in [0.25, 0.3) is 0 Å². The number of amides is 1. The third-order valence-electron chi connectivity index (χ3n) is 9.70. The fraction of sp³-hybridized carbons (Fsp3) is 0.889. The molecule has 10 heteroatoms. The molecule has 5 rings (SSSR count). The highest BCUT2D eigenvalue weighted by atomic mass is 19.3. The van der Waals surface area contributed by atoms with Crippen LogP contribution in [0.15, 0.2) is 4.52 Å². The van der Waals surface area contributed by atoms with Gasteiger partial charge in [0.25, 0.3) is 5.92 Å². The van der Waals surface area contributed by atoms with Gasteiger partial charge >= 0.3 is 0 Å². The summed E-state index contributed by atoms with van der Waals surface area (Å²) >= 11 is 0. The van der Waals surface area contributed by atoms with Crippen LogP contribution in [-0.4, -0.2) is 94.2 Å². The molecule has 0 unspecified atom stereocenters. The average Bonchev–Trinajstić information content (AvgIpc) is 3.24. The summed E-state index contributed by atoms with van der Waals surface area (Å²) in [7, 11) is 2.11. The smallest absolute Gasteiger partial charge is 0.252 e. The second-order valence-electron chi connectivity index (χ2n) is 12.5. The van der Waals surface area contributed by atoms with Gasteiger partial charge in [-0.2, -0.15) is 4.98 Å². The molecule has 37 heavy (non-hydrogen) atoms. The molecule has 5 atom stereocenters. The number of piperidine rings is 1. The molecule has 2 saturated carbocycles. The van der Waals surface area contributed by atoms with Gasteiger partial charge in [0, 0.05) is 68.5 Å². The lowest BCUT2D eigenvalue weighted by molar-refractivity contribution is -0.149. The number of likely N-dealkylation sites (N-methyl/N-ethyl adjacent to an activating group) is 1. The third kappa shape index (κ3) is 5.42. The molecule has 3 heterocycles. The quantitative estimate of drug-likeness (QED) is 0.526. The van der Waals surface area contributed by atoms with E-state index in [1.807, 2.05) is 6.92 Å². The van der Waals surface area contributed by atoms with Crippen LogP contribution in [0.1, 0.15) is 89.8 Å². The molecule has 1 aromatic heterocycles. The molecule has 0 aromatic carbocycles. The van der Waals surface area contributed by atoms with Crippen LogP contribution in [0.5, 0.6) is 0 Å². The lowest BCUT2D eigenvalue weighted by Crippen LogP contribution is -2.53. The van der Waals surface area contributed by atoms with E-state index in [9.17, 15) is 9.18 Å². The van der Waals surface area contributed by atoms with Crippen molar-refractivity contribution >= 4 is 5.91 Å². The van der Waals surface area contributed by atoms with E-state index in [0.717, 1.165) is 25.9 Å². The van der Waals surface area contributed by atoms with E-state index in [4.69, 9.17) is 4.52 Å². The first-order valence-electron chi connectivity index (χ1n) is 14.1. The Balaban J connectivity index is 1.20. The second kappa shape index (κ2) is 10.1. The van der Waals surface area contributed by atoms with E-state index in [2.05, 4.69) is 40.8 Å². The number of nitrogens with zero attached hydrogens (tertiary/aromatic N) is 5. The average molecular weight is 526 g/mol. The van der Waals surface area contributed by atoms with Gasteiger partial charge in [-0.05, 0) is 59.4 Å². The SMILES string of the molecule is CC(C)N(C)[C@H]1CCN([C@H]2CCCC(F)(F)[C@@H]2CC(=O)N2CCC(C)(c3noc([C@@H]4C[C@@H]4F)n3)CC2)C1. The molecular formula is C27H42F3N5O2. The maximum absolute atomic E-state index is 15.3. The van der Waals surface area contributed by atoms with Crippen LogP contribution in [0.2, 0.25) is 0 Å². The highest BCUT2D eigenvalue weighted by Crippen LogP contribution is 2.45. The number of carbonyl (C=O) groups is 1. The van der Waals surface area contributed by atoms with Crippen molar-refractivity contribution in [2.24, 2.45) is 5.92 Å². The van der Waals surface area contributed by atoms with Crippen molar-refractivity contribution in [3.05, 3.63) is 11.7 Å². The van der Waals surface area contributed by atoms with Gasteiger partial charge < -0.3 is 9.42 Å². The van der Waals surface area contributed by atoms with Crippen molar-refractivity contribution in [3.63, 3.8) is 0 Å². The summed E-state index contributed by atoms with van der Waals surface area (Å²) in [6.07, 6.45) is 2.75. The number of aromatic nitrogens is 2. The van der Waals surface area contributed by atoms with Gasteiger partial charge in [0.2, 0.25) is 11.8 Å². The van der Waals surface area contributed by atoms with E-state index >= 15 is 8.78 Å². The predicted octanol–water partition coefficient (Wildman–Crippen LogP) is 4.38. The van der Waals surface area contributed by atoms with Gasteiger partial charge in [0.1, 0.15) is 6.17 Å². The Morgan fingerprint density at radius 3 is 2.54 bits per heavy atom. The predicted molar refractivity (Wildman–Crippen MR) is 133 cm³/mol. The number of halogens is 3. The third-order valence-corrected chi connectivity index (χ3v) is 9.70. The molecule has 2 aliphatic carbocycles. The van der Waals surface area contributed by atoms with E-state index in [1.54, 1.807) is 4.90 Å². The maximum atomic E-state index is 15.3. The molecule has 4 fully saturated rings. The Labute approximate surface area is 218 Å². The summed E-state index contributed by atoms with van der Waals surface area (Å²) in [5.41, 5.74) is -0.371. The number of alkyl halides is 3. The Morgan fingerprint density at radius 1 is 1.19 bits per heavy atom. The van der Waals surface area contributed by atoms with Gasteiger partial charge in [-0.25, -0.2) is 13.2 Å². The van der Waals surface area contributed by atoms with Crippen LogP contribution in [-0.2, 0) is 10.2 Å².